The van der Waals surface area contributed by atoms with Crippen LogP contribution in [0.3, 0.4) is 0 Å². The molecule has 8 heavy (non-hydrogen) atoms. The summed E-state index contributed by atoms with van der Waals surface area (Å²) in [5.41, 5.74) is 5.17. The number of nitrogens with one attached hydrogen (secondary N) is 3. The summed E-state index contributed by atoms with van der Waals surface area (Å²) in [7, 11) is 0. The second-order valence-electron chi connectivity index (χ2n) is 1.70. The van der Waals surface area contributed by atoms with Crippen molar-refractivity contribution in [3.05, 3.63) is 0 Å². The largest absolute Gasteiger partial charge is 0.330 e. The van der Waals surface area contributed by atoms with Crippen molar-refractivity contribution in [3.63, 3.8) is 0 Å². The Morgan fingerprint density at radius 1 is 1.75 bits per heavy atom. The maximum absolute atomic E-state index is 10.3. The zero-order valence-corrected chi connectivity index (χ0v) is 4.69. The quantitative estimate of drug-likeness (QED) is 0.433. The van der Waals surface area contributed by atoms with Gasteiger partial charge in [0.2, 0.25) is 0 Å². The van der Waals surface area contributed by atoms with Gasteiger partial charge < -0.3 is 5.32 Å². The Labute approximate surface area is 47.6 Å². The molecule has 1 rings (SSSR count). The molecule has 4 heteroatoms. The lowest BCUT2D eigenvalue weighted by molar-refractivity contribution is 0.247. The third-order valence-corrected chi connectivity index (χ3v) is 1.07. The van der Waals surface area contributed by atoms with Crippen LogP contribution in [0.25, 0.3) is 0 Å². The zero-order chi connectivity index (χ0) is 5.98. The van der Waals surface area contributed by atoms with Crippen LogP contribution in [0, 0.1) is 0 Å². The Hall–Kier alpha value is -0.770. The van der Waals surface area contributed by atoms with Crippen LogP contribution in [-0.4, -0.2) is 12.2 Å². The van der Waals surface area contributed by atoms with Gasteiger partial charge in [0.1, 0.15) is 0 Å². The summed E-state index contributed by atoms with van der Waals surface area (Å²) < 4.78 is 0. The van der Waals surface area contributed by atoms with Gasteiger partial charge >= 0.3 is 6.03 Å². The first-order valence-corrected chi connectivity index (χ1v) is 2.65. The molecular formula is C4H9N3O. The minimum atomic E-state index is -0.142. The van der Waals surface area contributed by atoms with Crippen molar-refractivity contribution < 1.29 is 4.79 Å². The highest BCUT2D eigenvalue weighted by molar-refractivity contribution is 5.75. The number of urea groups is 1. The average molecular weight is 115 g/mol. The molecule has 1 fully saturated rings. The van der Waals surface area contributed by atoms with Crippen LogP contribution in [0.4, 0.5) is 4.79 Å². The molecule has 4 nitrogen and oxygen atoms in total. The third-order valence-electron chi connectivity index (χ3n) is 1.07. The van der Waals surface area contributed by atoms with Gasteiger partial charge in [-0.05, 0) is 6.42 Å². The fourth-order valence-corrected chi connectivity index (χ4v) is 0.587. The lowest BCUT2D eigenvalue weighted by atomic mass is 10.4. The van der Waals surface area contributed by atoms with Crippen molar-refractivity contribution >= 4 is 6.03 Å². The van der Waals surface area contributed by atoms with E-state index in [9.17, 15) is 4.79 Å². The first kappa shape index (κ1) is 5.37. The second kappa shape index (κ2) is 2.00. The zero-order valence-electron chi connectivity index (χ0n) is 4.69. The Morgan fingerprint density at radius 2 is 2.50 bits per heavy atom. The van der Waals surface area contributed by atoms with Crippen molar-refractivity contribution in [1.82, 2.24) is 16.2 Å². The molecule has 1 atom stereocenters. The van der Waals surface area contributed by atoms with Crippen molar-refractivity contribution in [1.29, 1.82) is 0 Å². The normalized spacial score (nSPS) is 27.1. The number of rotatable bonds is 1. The number of hydrazine groups is 1. The molecule has 0 aromatic carbocycles. The third kappa shape index (κ3) is 0.894. The molecule has 46 valence electrons. The minimum Gasteiger partial charge on any atom is -0.320 e. The number of carbonyl (C=O) groups is 1. The summed E-state index contributed by atoms with van der Waals surface area (Å²) in [4.78, 5) is 10.3. The molecule has 1 aliphatic heterocycles. The van der Waals surface area contributed by atoms with E-state index in [2.05, 4.69) is 16.2 Å². The molecule has 1 aliphatic rings. The smallest absolute Gasteiger partial charge is 0.320 e. The molecule has 0 aromatic heterocycles. The second-order valence-corrected chi connectivity index (χ2v) is 1.70. The predicted octanol–water partition coefficient (Wildman–Crippen LogP) is -0.460. The van der Waals surface area contributed by atoms with Crippen LogP contribution >= 0.6 is 0 Å². The fourth-order valence-electron chi connectivity index (χ4n) is 0.587. The average Bonchev–Trinajstić information content (AvgIpc) is 2.14. The Bertz CT molecular complexity index is 103. The van der Waals surface area contributed by atoms with Crippen LogP contribution in [0.1, 0.15) is 13.3 Å². The summed E-state index contributed by atoms with van der Waals surface area (Å²) in [5, 5.41) is 2.64. The summed E-state index contributed by atoms with van der Waals surface area (Å²) >= 11 is 0. The van der Waals surface area contributed by atoms with Gasteiger partial charge in [0.15, 0.2) is 0 Å². The van der Waals surface area contributed by atoms with E-state index in [-0.39, 0.29) is 12.2 Å². The predicted molar refractivity (Wildman–Crippen MR) is 28.9 cm³/mol. The van der Waals surface area contributed by atoms with E-state index in [0.29, 0.717) is 0 Å². The highest BCUT2D eigenvalue weighted by atomic mass is 16.2. The summed E-state index contributed by atoms with van der Waals surface area (Å²) in [6.45, 7) is 1.99. The van der Waals surface area contributed by atoms with E-state index in [1.165, 1.54) is 0 Å². The van der Waals surface area contributed by atoms with E-state index >= 15 is 0 Å². The van der Waals surface area contributed by atoms with Crippen LogP contribution in [0.5, 0.6) is 0 Å². The number of hydrogen-bond acceptors (Lipinski definition) is 2. The highest BCUT2D eigenvalue weighted by Crippen LogP contribution is 1.87. The monoisotopic (exact) mass is 115 g/mol. The maximum Gasteiger partial charge on any atom is 0.330 e. The van der Waals surface area contributed by atoms with Crippen molar-refractivity contribution in [2.75, 3.05) is 0 Å². The van der Waals surface area contributed by atoms with Gasteiger partial charge in [-0.2, -0.15) is 0 Å². The molecule has 1 unspecified atom stereocenters. The van der Waals surface area contributed by atoms with E-state index < -0.39 is 0 Å². The van der Waals surface area contributed by atoms with Gasteiger partial charge in [-0.25, -0.2) is 10.2 Å². The van der Waals surface area contributed by atoms with Crippen LogP contribution < -0.4 is 16.2 Å². The topological polar surface area (TPSA) is 53.2 Å². The van der Waals surface area contributed by atoms with Gasteiger partial charge in [-0.15, -0.1) is 0 Å². The summed E-state index contributed by atoms with van der Waals surface area (Å²) in [5.74, 6) is 0. The van der Waals surface area contributed by atoms with Gasteiger partial charge in [0.25, 0.3) is 0 Å². The van der Waals surface area contributed by atoms with Gasteiger partial charge in [0, 0.05) is 0 Å². The van der Waals surface area contributed by atoms with E-state index in [1.807, 2.05) is 6.92 Å². The number of amides is 2. The Balaban J connectivity index is 2.32. The fraction of sp³-hybridized carbons (Fsp3) is 0.750. The standard InChI is InChI=1S/C4H9N3O/c1-2-3-5-4(8)7-6-3/h3,6H,2H2,1H3,(H2,5,7,8). The lowest BCUT2D eigenvalue weighted by Gasteiger charge is -2.01. The molecular weight excluding hydrogens is 106 g/mol. The van der Waals surface area contributed by atoms with E-state index in [0.717, 1.165) is 6.42 Å². The van der Waals surface area contributed by atoms with Gasteiger partial charge in [-0.1, -0.05) is 6.92 Å². The summed E-state index contributed by atoms with van der Waals surface area (Å²) in [6.07, 6.45) is 1.01. The number of hydrogen-bond donors (Lipinski definition) is 3. The maximum atomic E-state index is 10.3. The van der Waals surface area contributed by atoms with Gasteiger partial charge in [-0.3, -0.25) is 5.43 Å². The van der Waals surface area contributed by atoms with Crippen molar-refractivity contribution in [2.24, 2.45) is 0 Å². The Kier molecular flexibility index (Phi) is 1.34. The van der Waals surface area contributed by atoms with E-state index in [1.54, 1.807) is 0 Å². The SMILES string of the molecule is CCC1NNC(=O)N1. The molecule has 1 heterocycles. The summed E-state index contributed by atoms with van der Waals surface area (Å²) in [6, 6.07) is -0.142. The molecule has 3 N–H and O–H groups in total. The molecule has 0 aliphatic carbocycles. The molecule has 0 aromatic rings. The van der Waals surface area contributed by atoms with Crippen molar-refractivity contribution in [3.8, 4) is 0 Å². The molecule has 0 radical (unpaired) electrons. The Morgan fingerprint density at radius 3 is 2.75 bits per heavy atom. The molecule has 0 bridgehead atoms. The highest BCUT2D eigenvalue weighted by Gasteiger charge is 2.15. The van der Waals surface area contributed by atoms with Crippen LogP contribution in [-0.2, 0) is 0 Å². The molecule has 0 spiro atoms. The molecule has 0 saturated carbocycles. The van der Waals surface area contributed by atoms with Crippen LogP contribution in [0.15, 0.2) is 0 Å². The molecule has 1 saturated heterocycles. The number of carbonyl (C=O) groups excluding carboxylic acids is 1. The van der Waals surface area contributed by atoms with E-state index in [4.69, 9.17) is 0 Å². The first-order chi connectivity index (χ1) is 3.83. The van der Waals surface area contributed by atoms with Crippen molar-refractivity contribution in [2.45, 2.75) is 19.5 Å². The minimum absolute atomic E-state index is 0.113. The molecule has 2 amide bonds. The first-order valence-electron chi connectivity index (χ1n) is 2.65. The van der Waals surface area contributed by atoms with Crippen LogP contribution in [0.2, 0.25) is 0 Å². The lowest BCUT2D eigenvalue weighted by Crippen LogP contribution is -2.32. The van der Waals surface area contributed by atoms with Gasteiger partial charge in [0.05, 0.1) is 6.17 Å².